The number of Topliss-reactive ketones (excluding diaryl/α,β-unsaturated/α-hetero) is 1. The molecule has 0 spiro atoms. The van der Waals surface area contributed by atoms with Gasteiger partial charge in [-0.05, 0) is 73.5 Å². The Morgan fingerprint density at radius 3 is 2.30 bits per heavy atom. The van der Waals surface area contributed by atoms with Crippen molar-refractivity contribution in [1.29, 1.82) is 0 Å². The van der Waals surface area contributed by atoms with Crippen LogP contribution in [0.5, 0.6) is 0 Å². The lowest BCUT2D eigenvalue weighted by Crippen LogP contribution is -2.41. The molecule has 1 N–H and O–H groups in total. The van der Waals surface area contributed by atoms with Crippen molar-refractivity contribution in [3.05, 3.63) is 0 Å². The van der Waals surface area contributed by atoms with Gasteiger partial charge in [-0.25, -0.2) is 0 Å². The molecule has 0 amide bonds. The van der Waals surface area contributed by atoms with Crippen molar-refractivity contribution in [2.24, 2.45) is 34.0 Å². The molecule has 2 nitrogen and oxygen atoms in total. The number of hydrogen-bond acceptors (Lipinski definition) is 2. The summed E-state index contributed by atoms with van der Waals surface area (Å²) in [5.74, 6) is 2.18. The van der Waals surface area contributed by atoms with Crippen LogP contribution in [0.2, 0.25) is 0 Å². The van der Waals surface area contributed by atoms with Crippen molar-refractivity contribution in [2.45, 2.75) is 92.1 Å². The summed E-state index contributed by atoms with van der Waals surface area (Å²) in [5.41, 5.74) is 0.352. The maximum absolute atomic E-state index is 12.7. The minimum absolute atomic E-state index is 0.0550. The third-order valence-electron chi connectivity index (χ3n) is 8.43. The number of aliphatic hydroxyl groups is 1. The first kappa shape index (κ1) is 17.5. The zero-order chi connectivity index (χ0) is 17.0. The first-order valence-electron chi connectivity index (χ1n) is 9.83. The van der Waals surface area contributed by atoms with Gasteiger partial charge in [-0.2, -0.15) is 0 Å². The third kappa shape index (κ3) is 2.60. The molecule has 0 aliphatic heterocycles. The van der Waals surface area contributed by atoms with Gasteiger partial charge in [0.05, 0.1) is 6.10 Å². The van der Waals surface area contributed by atoms with E-state index in [-0.39, 0.29) is 22.3 Å². The Morgan fingerprint density at radius 1 is 1.13 bits per heavy atom. The fraction of sp³-hybridized carbons (Fsp3) is 0.952. The highest BCUT2D eigenvalue weighted by Gasteiger charge is 2.63. The summed E-state index contributed by atoms with van der Waals surface area (Å²) in [7, 11) is 0. The van der Waals surface area contributed by atoms with Crippen LogP contribution in [0.4, 0.5) is 0 Å². The predicted molar refractivity (Wildman–Crippen MR) is 94.1 cm³/mol. The molecule has 5 atom stereocenters. The van der Waals surface area contributed by atoms with Gasteiger partial charge in [-0.1, -0.05) is 34.6 Å². The molecule has 0 heterocycles. The maximum Gasteiger partial charge on any atom is 0.139 e. The normalized spacial score (nSPS) is 45.9. The molecule has 0 radical (unpaired) electrons. The average molecular weight is 321 g/mol. The number of hydrogen-bond donors (Lipinski definition) is 1. The van der Waals surface area contributed by atoms with Gasteiger partial charge in [-0.15, -0.1) is 0 Å². The highest BCUT2D eigenvalue weighted by Crippen LogP contribution is 2.66. The summed E-state index contributed by atoms with van der Waals surface area (Å²) in [6.45, 7) is 11.5. The summed E-state index contributed by atoms with van der Waals surface area (Å²) in [4.78, 5) is 12.7. The lowest BCUT2D eigenvalue weighted by atomic mass is 9.60. The van der Waals surface area contributed by atoms with E-state index in [0.29, 0.717) is 23.5 Å². The second-order valence-corrected chi connectivity index (χ2v) is 10.2. The lowest BCUT2D eigenvalue weighted by Gasteiger charge is -2.45. The molecular weight excluding hydrogens is 284 g/mol. The van der Waals surface area contributed by atoms with Crippen LogP contribution in [0.1, 0.15) is 86.0 Å². The second kappa shape index (κ2) is 5.58. The molecule has 23 heavy (non-hydrogen) atoms. The standard InChI is InChI=1S/C21H36O2/c1-14(2)16-7-8-20(5,13-17(16)22)10-11-21-9-6-15(12-18(21)23)19(21,3)4/h14-17,22H,6-13H2,1-5H3/t15?,16-,17+,20-,21?/m0/s1. The van der Waals surface area contributed by atoms with Crippen LogP contribution in [0.25, 0.3) is 0 Å². The maximum atomic E-state index is 12.7. The predicted octanol–water partition coefficient (Wildman–Crippen LogP) is 4.99. The van der Waals surface area contributed by atoms with Gasteiger partial charge in [0.25, 0.3) is 0 Å². The van der Waals surface area contributed by atoms with Gasteiger partial charge in [-0.3, -0.25) is 4.79 Å². The van der Waals surface area contributed by atoms with E-state index < -0.39 is 0 Å². The van der Waals surface area contributed by atoms with Crippen molar-refractivity contribution >= 4 is 5.78 Å². The Balaban J connectivity index is 1.68. The SMILES string of the molecule is CC(C)[C@@H]1CC[C@@](C)(CCC23CCC(CC2=O)C3(C)C)C[C@H]1O. The van der Waals surface area contributed by atoms with Gasteiger partial charge in [0.15, 0.2) is 0 Å². The molecule has 3 saturated carbocycles. The van der Waals surface area contributed by atoms with Crippen molar-refractivity contribution in [1.82, 2.24) is 0 Å². The van der Waals surface area contributed by atoms with Crippen molar-refractivity contribution in [3.8, 4) is 0 Å². The van der Waals surface area contributed by atoms with Crippen LogP contribution < -0.4 is 0 Å². The highest BCUT2D eigenvalue weighted by molar-refractivity contribution is 5.89. The Morgan fingerprint density at radius 2 is 1.83 bits per heavy atom. The molecule has 3 aliphatic rings. The van der Waals surface area contributed by atoms with E-state index in [1.165, 1.54) is 12.8 Å². The van der Waals surface area contributed by atoms with Gasteiger partial charge in [0.2, 0.25) is 0 Å². The van der Waals surface area contributed by atoms with E-state index in [0.717, 1.165) is 38.5 Å². The lowest BCUT2D eigenvalue weighted by molar-refractivity contribution is -0.130. The molecule has 132 valence electrons. The zero-order valence-electron chi connectivity index (χ0n) is 15.8. The van der Waals surface area contributed by atoms with Crippen molar-refractivity contribution in [3.63, 3.8) is 0 Å². The Bertz CT molecular complexity index is 480. The minimum atomic E-state index is -0.158. The first-order valence-corrected chi connectivity index (χ1v) is 9.83. The quantitative estimate of drug-likeness (QED) is 0.792. The average Bonchev–Trinajstić information content (AvgIpc) is 2.79. The fourth-order valence-electron chi connectivity index (χ4n) is 6.34. The van der Waals surface area contributed by atoms with Gasteiger partial charge < -0.3 is 5.11 Å². The minimum Gasteiger partial charge on any atom is -0.393 e. The van der Waals surface area contributed by atoms with Crippen LogP contribution >= 0.6 is 0 Å². The number of ketones is 1. The molecular formula is C21H36O2. The summed E-state index contributed by atoms with van der Waals surface area (Å²) in [5, 5.41) is 10.6. The zero-order valence-corrected chi connectivity index (χ0v) is 15.8. The monoisotopic (exact) mass is 320 g/mol. The van der Waals surface area contributed by atoms with E-state index in [4.69, 9.17) is 0 Å². The Kier molecular flexibility index (Phi) is 4.23. The van der Waals surface area contributed by atoms with Crippen LogP contribution in [0.3, 0.4) is 0 Å². The van der Waals surface area contributed by atoms with Gasteiger partial charge in [0, 0.05) is 11.8 Å². The Labute approximate surface area is 142 Å². The van der Waals surface area contributed by atoms with Crippen LogP contribution in [-0.4, -0.2) is 17.0 Å². The summed E-state index contributed by atoms with van der Waals surface area (Å²) in [6, 6.07) is 0. The highest BCUT2D eigenvalue weighted by atomic mass is 16.3. The molecule has 3 aliphatic carbocycles. The van der Waals surface area contributed by atoms with Crippen LogP contribution in [-0.2, 0) is 4.79 Å². The number of rotatable bonds is 4. The van der Waals surface area contributed by atoms with E-state index in [9.17, 15) is 9.90 Å². The van der Waals surface area contributed by atoms with Gasteiger partial charge >= 0.3 is 0 Å². The van der Waals surface area contributed by atoms with E-state index in [2.05, 4.69) is 34.6 Å². The van der Waals surface area contributed by atoms with Crippen molar-refractivity contribution in [2.75, 3.05) is 0 Å². The molecule has 0 aromatic rings. The molecule has 0 aromatic heterocycles. The Hall–Kier alpha value is -0.370. The number of carbonyl (C=O) groups excluding carboxylic acids is 1. The van der Waals surface area contributed by atoms with E-state index in [1.807, 2.05) is 0 Å². The number of fused-ring (bicyclic) bond motifs is 2. The topological polar surface area (TPSA) is 37.3 Å². The van der Waals surface area contributed by atoms with Gasteiger partial charge in [0.1, 0.15) is 5.78 Å². The van der Waals surface area contributed by atoms with Crippen molar-refractivity contribution < 1.29 is 9.90 Å². The molecule has 3 rings (SSSR count). The summed E-state index contributed by atoms with van der Waals surface area (Å²) < 4.78 is 0. The molecule has 0 saturated heterocycles. The third-order valence-corrected chi connectivity index (χ3v) is 8.43. The summed E-state index contributed by atoms with van der Waals surface area (Å²) >= 11 is 0. The molecule has 2 heteroatoms. The number of aliphatic hydroxyl groups excluding tert-OH is 1. The molecule has 0 aromatic carbocycles. The smallest absolute Gasteiger partial charge is 0.139 e. The first-order chi connectivity index (χ1) is 10.6. The van der Waals surface area contributed by atoms with Crippen LogP contribution in [0.15, 0.2) is 0 Å². The largest absolute Gasteiger partial charge is 0.393 e. The number of carbonyl (C=O) groups is 1. The molecule has 3 fully saturated rings. The van der Waals surface area contributed by atoms with Crippen LogP contribution in [0, 0.1) is 34.0 Å². The second-order valence-electron chi connectivity index (χ2n) is 10.2. The van der Waals surface area contributed by atoms with E-state index in [1.54, 1.807) is 0 Å². The molecule has 2 unspecified atom stereocenters. The fourth-order valence-corrected chi connectivity index (χ4v) is 6.34. The summed E-state index contributed by atoms with van der Waals surface area (Å²) in [6.07, 6.45) is 8.44. The van der Waals surface area contributed by atoms with E-state index >= 15 is 0 Å². The molecule has 2 bridgehead atoms.